The number of hydrogen-bond donors (Lipinski definition) is 1. The summed E-state index contributed by atoms with van der Waals surface area (Å²) in [6, 6.07) is 0. The van der Waals surface area contributed by atoms with E-state index in [1.165, 1.54) is 0 Å². The van der Waals surface area contributed by atoms with E-state index in [-0.39, 0.29) is 6.54 Å². The van der Waals surface area contributed by atoms with Crippen molar-refractivity contribution in [3.05, 3.63) is 0 Å². The molecule has 6 nitrogen and oxygen atoms in total. The van der Waals surface area contributed by atoms with E-state index in [0.29, 0.717) is 19.4 Å². The van der Waals surface area contributed by atoms with Crippen molar-refractivity contribution in [3.63, 3.8) is 0 Å². The van der Waals surface area contributed by atoms with Crippen molar-refractivity contribution < 1.29 is 24.3 Å². The molecule has 0 aromatic heterocycles. The Labute approximate surface area is 113 Å². The van der Waals surface area contributed by atoms with Gasteiger partial charge in [-0.2, -0.15) is 0 Å². The number of hydrogen-bond acceptors (Lipinski definition) is 4. The predicted molar refractivity (Wildman–Crippen MR) is 68.1 cm³/mol. The number of rotatable bonds is 9. The minimum Gasteiger partial charge on any atom is -0.481 e. The van der Waals surface area contributed by atoms with Crippen molar-refractivity contribution in [2.45, 2.75) is 51.7 Å². The van der Waals surface area contributed by atoms with Crippen LogP contribution in [0, 0.1) is 5.92 Å². The SMILES string of the molecule is CCCCC(CN(C=O)OC1CCCCO1)C(=O)O. The molecule has 110 valence electrons. The third kappa shape index (κ3) is 6.02. The molecule has 0 aromatic carbocycles. The Bertz CT molecular complexity index is 278. The highest BCUT2D eigenvalue weighted by molar-refractivity contribution is 5.70. The summed E-state index contributed by atoms with van der Waals surface area (Å²) in [6.07, 6.45) is 5.12. The highest BCUT2D eigenvalue weighted by Crippen LogP contribution is 2.16. The van der Waals surface area contributed by atoms with Crippen LogP contribution in [0.2, 0.25) is 0 Å². The average molecular weight is 273 g/mol. The summed E-state index contributed by atoms with van der Waals surface area (Å²) in [6.45, 7) is 2.69. The van der Waals surface area contributed by atoms with E-state index in [9.17, 15) is 9.59 Å². The minimum absolute atomic E-state index is 0.0681. The Balaban J connectivity index is 2.43. The smallest absolute Gasteiger partial charge is 0.308 e. The maximum Gasteiger partial charge on any atom is 0.308 e. The molecule has 0 saturated carbocycles. The molecular formula is C13H23NO5. The number of carbonyl (C=O) groups is 2. The van der Waals surface area contributed by atoms with Gasteiger partial charge < -0.3 is 9.84 Å². The zero-order valence-electron chi connectivity index (χ0n) is 11.4. The van der Waals surface area contributed by atoms with Gasteiger partial charge in [-0.1, -0.05) is 19.8 Å². The molecule has 0 aliphatic carbocycles. The van der Waals surface area contributed by atoms with Crippen molar-refractivity contribution in [2.24, 2.45) is 5.92 Å². The van der Waals surface area contributed by atoms with Crippen molar-refractivity contribution in [2.75, 3.05) is 13.2 Å². The van der Waals surface area contributed by atoms with Gasteiger partial charge in [-0.25, -0.2) is 9.90 Å². The van der Waals surface area contributed by atoms with Crippen LogP contribution in [0.4, 0.5) is 0 Å². The molecule has 19 heavy (non-hydrogen) atoms. The molecule has 2 unspecified atom stereocenters. The summed E-state index contributed by atoms with van der Waals surface area (Å²) in [5.41, 5.74) is 0. The Morgan fingerprint density at radius 2 is 2.37 bits per heavy atom. The van der Waals surface area contributed by atoms with Gasteiger partial charge in [0.1, 0.15) is 0 Å². The first-order chi connectivity index (χ1) is 9.17. The molecule has 0 radical (unpaired) electrons. The number of carboxylic acid groups (broad SMARTS) is 1. The van der Waals surface area contributed by atoms with Crippen LogP contribution in [0.25, 0.3) is 0 Å². The maximum absolute atomic E-state index is 11.1. The first-order valence-corrected chi connectivity index (χ1v) is 6.90. The van der Waals surface area contributed by atoms with Crippen molar-refractivity contribution in [1.82, 2.24) is 5.06 Å². The molecule has 1 heterocycles. The molecule has 1 saturated heterocycles. The van der Waals surface area contributed by atoms with E-state index in [1.807, 2.05) is 6.92 Å². The normalized spacial score (nSPS) is 20.8. The number of nitrogens with zero attached hydrogens (tertiary/aromatic N) is 1. The van der Waals surface area contributed by atoms with Gasteiger partial charge >= 0.3 is 5.97 Å². The number of unbranched alkanes of at least 4 members (excludes halogenated alkanes) is 1. The molecular weight excluding hydrogens is 250 g/mol. The topological polar surface area (TPSA) is 76.1 Å². The van der Waals surface area contributed by atoms with Gasteiger partial charge in [0.2, 0.25) is 6.41 Å². The molecule has 2 atom stereocenters. The molecule has 1 aliphatic heterocycles. The van der Waals surface area contributed by atoms with Crippen molar-refractivity contribution >= 4 is 12.4 Å². The maximum atomic E-state index is 11.1. The summed E-state index contributed by atoms with van der Waals surface area (Å²) in [4.78, 5) is 27.5. The molecule has 1 N–H and O–H groups in total. The second-order valence-electron chi connectivity index (χ2n) is 4.78. The molecule has 1 rings (SSSR count). The molecule has 0 aromatic rings. The van der Waals surface area contributed by atoms with Gasteiger partial charge in [0, 0.05) is 13.0 Å². The summed E-state index contributed by atoms with van der Waals surface area (Å²) >= 11 is 0. The first kappa shape index (κ1) is 15.9. The Kier molecular flexibility index (Phi) is 7.43. The van der Waals surface area contributed by atoms with Crippen molar-refractivity contribution in [3.8, 4) is 0 Å². The number of hydroxylamine groups is 2. The van der Waals surface area contributed by atoms with E-state index in [4.69, 9.17) is 14.7 Å². The lowest BCUT2D eigenvalue weighted by Gasteiger charge is -2.28. The minimum atomic E-state index is -0.895. The second kappa shape index (κ2) is 8.87. The molecule has 1 fully saturated rings. The Morgan fingerprint density at radius 1 is 1.58 bits per heavy atom. The van der Waals surface area contributed by atoms with Gasteiger partial charge in [0.15, 0.2) is 6.29 Å². The number of ether oxygens (including phenoxy) is 1. The van der Waals surface area contributed by atoms with Crippen LogP contribution < -0.4 is 0 Å². The molecule has 0 bridgehead atoms. The predicted octanol–water partition coefficient (Wildman–Crippen LogP) is 1.79. The lowest BCUT2D eigenvalue weighted by Crippen LogP contribution is -2.37. The fourth-order valence-corrected chi connectivity index (χ4v) is 2.02. The highest BCUT2D eigenvalue weighted by Gasteiger charge is 2.24. The molecule has 1 amide bonds. The van der Waals surface area contributed by atoms with E-state index in [2.05, 4.69) is 0 Å². The van der Waals surface area contributed by atoms with Gasteiger partial charge in [-0.05, 0) is 19.3 Å². The monoisotopic (exact) mass is 273 g/mol. The fourth-order valence-electron chi connectivity index (χ4n) is 2.02. The van der Waals surface area contributed by atoms with Crippen LogP contribution in [-0.4, -0.2) is 42.0 Å². The summed E-state index contributed by atoms with van der Waals surface area (Å²) < 4.78 is 5.36. The van der Waals surface area contributed by atoms with Crippen LogP contribution in [0.15, 0.2) is 0 Å². The van der Waals surface area contributed by atoms with Gasteiger partial charge in [0.05, 0.1) is 12.5 Å². The fraction of sp³-hybridized carbons (Fsp3) is 0.846. The highest BCUT2D eigenvalue weighted by atomic mass is 16.8. The Hall–Kier alpha value is -1.14. The second-order valence-corrected chi connectivity index (χ2v) is 4.78. The number of carboxylic acids is 1. The molecule has 1 aliphatic rings. The summed E-state index contributed by atoms with van der Waals surface area (Å²) in [7, 11) is 0. The Morgan fingerprint density at radius 3 is 2.89 bits per heavy atom. The van der Waals surface area contributed by atoms with Gasteiger partial charge in [0.25, 0.3) is 0 Å². The first-order valence-electron chi connectivity index (χ1n) is 6.90. The van der Waals surface area contributed by atoms with Crippen LogP contribution in [0.1, 0.15) is 45.4 Å². The number of aliphatic carboxylic acids is 1. The number of carbonyl (C=O) groups excluding carboxylic acids is 1. The van der Waals surface area contributed by atoms with E-state index < -0.39 is 18.2 Å². The zero-order valence-corrected chi connectivity index (χ0v) is 11.4. The van der Waals surface area contributed by atoms with Crippen LogP contribution in [-0.2, 0) is 19.2 Å². The van der Waals surface area contributed by atoms with E-state index in [1.54, 1.807) is 0 Å². The van der Waals surface area contributed by atoms with Gasteiger partial charge in [-0.15, -0.1) is 0 Å². The van der Waals surface area contributed by atoms with Gasteiger partial charge in [-0.3, -0.25) is 9.59 Å². The average Bonchev–Trinajstić information content (AvgIpc) is 2.42. The summed E-state index contributed by atoms with van der Waals surface area (Å²) in [5, 5.41) is 10.2. The number of amides is 1. The van der Waals surface area contributed by atoms with Crippen LogP contribution in [0.3, 0.4) is 0 Å². The van der Waals surface area contributed by atoms with E-state index >= 15 is 0 Å². The third-order valence-corrected chi connectivity index (χ3v) is 3.16. The standard InChI is InChI=1S/C13H23NO5/c1-2-3-6-11(13(16)17)9-14(10-15)19-12-7-4-5-8-18-12/h10-12H,2-9H2,1H3,(H,16,17). The molecule has 6 heteroatoms. The third-order valence-electron chi connectivity index (χ3n) is 3.16. The van der Waals surface area contributed by atoms with Crippen LogP contribution in [0.5, 0.6) is 0 Å². The van der Waals surface area contributed by atoms with Crippen LogP contribution >= 0.6 is 0 Å². The quantitative estimate of drug-likeness (QED) is 0.512. The largest absolute Gasteiger partial charge is 0.481 e. The van der Waals surface area contributed by atoms with E-state index in [0.717, 1.165) is 37.2 Å². The zero-order chi connectivity index (χ0) is 14.1. The summed E-state index contributed by atoms with van der Waals surface area (Å²) in [5.74, 6) is -1.48. The lowest BCUT2D eigenvalue weighted by atomic mass is 10.0. The lowest BCUT2D eigenvalue weighted by molar-refractivity contribution is -0.276. The molecule has 0 spiro atoms. The van der Waals surface area contributed by atoms with Crippen molar-refractivity contribution in [1.29, 1.82) is 0 Å².